The van der Waals surface area contributed by atoms with E-state index in [2.05, 4.69) is 46.1 Å². The number of rotatable bonds is 5. The molecule has 0 bridgehead atoms. The highest BCUT2D eigenvalue weighted by atomic mass is 79.9. The van der Waals surface area contributed by atoms with E-state index in [9.17, 15) is 4.79 Å². The number of carbonyl (C=O) groups excluding carboxylic acids is 1. The Morgan fingerprint density at radius 3 is 2.70 bits per heavy atom. The van der Waals surface area contributed by atoms with Crippen LogP contribution in [-0.4, -0.2) is 15.9 Å². The van der Waals surface area contributed by atoms with Crippen molar-refractivity contribution in [3.05, 3.63) is 88.7 Å². The Kier molecular flexibility index (Phi) is 5.91. The Balaban J connectivity index is 1.81. The van der Waals surface area contributed by atoms with Crippen molar-refractivity contribution < 1.29 is 4.79 Å². The minimum atomic E-state index is -0.151. The molecule has 0 radical (unpaired) electrons. The van der Waals surface area contributed by atoms with Gasteiger partial charge in [0.2, 0.25) is 0 Å². The van der Waals surface area contributed by atoms with E-state index in [1.165, 1.54) is 0 Å². The second-order valence-electron chi connectivity index (χ2n) is 7.31. The zero-order chi connectivity index (χ0) is 21.1. The summed E-state index contributed by atoms with van der Waals surface area (Å²) in [6, 6.07) is 19.4. The highest BCUT2D eigenvalue weighted by molar-refractivity contribution is 9.10. The lowest BCUT2D eigenvalue weighted by Crippen LogP contribution is -2.15. The molecule has 1 unspecified atom stereocenters. The predicted octanol–water partition coefficient (Wildman–Crippen LogP) is 6.83. The molecule has 150 valence electrons. The van der Waals surface area contributed by atoms with Gasteiger partial charge in [-0.15, -0.1) is 0 Å². The van der Waals surface area contributed by atoms with Crippen molar-refractivity contribution in [2.75, 3.05) is 5.32 Å². The molecule has 5 heteroatoms. The largest absolute Gasteiger partial charge is 0.322 e. The molecular weight excluding hydrogens is 438 g/mol. The van der Waals surface area contributed by atoms with E-state index in [0.717, 1.165) is 44.3 Å². The molecular formula is C25H22BrN3O. The molecule has 30 heavy (non-hydrogen) atoms. The van der Waals surface area contributed by atoms with E-state index in [-0.39, 0.29) is 5.91 Å². The number of hydrogen-bond acceptors (Lipinski definition) is 3. The van der Waals surface area contributed by atoms with Crippen LogP contribution in [-0.2, 0) is 0 Å². The average Bonchev–Trinajstić information content (AvgIpc) is 2.78. The van der Waals surface area contributed by atoms with Gasteiger partial charge in [0, 0.05) is 33.5 Å². The number of aromatic nitrogens is 2. The van der Waals surface area contributed by atoms with Gasteiger partial charge in [0.1, 0.15) is 0 Å². The molecule has 4 aromatic rings. The number of para-hydroxylation sites is 1. The minimum absolute atomic E-state index is 0.151. The lowest BCUT2D eigenvalue weighted by Gasteiger charge is -2.16. The van der Waals surface area contributed by atoms with Crippen molar-refractivity contribution in [2.45, 2.75) is 26.2 Å². The number of anilines is 1. The summed E-state index contributed by atoms with van der Waals surface area (Å²) in [6.45, 7) is 4.32. The van der Waals surface area contributed by atoms with Crippen molar-refractivity contribution in [3.8, 4) is 11.3 Å². The summed E-state index contributed by atoms with van der Waals surface area (Å²) in [4.78, 5) is 22.4. The van der Waals surface area contributed by atoms with Gasteiger partial charge in [-0.1, -0.05) is 48.0 Å². The Labute approximate surface area is 184 Å². The van der Waals surface area contributed by atoms with Gasteiger partial charge in [0.05, 0.1) is 16.8 Å². The number of pyridine rings is 2. The van der Waals surface area contributed by atoms with Crippen LogP contribution in [0.4, 0.5) is 5.69 Å². The van der Waals surface area contributed by atoms with E-state index < -0.39 is 0 Å². The summed E-state index contributed by atoms with van der Waals surface area (Å²) >= 11 is 3.52. The first kappa shape index (κ1) is 20.2. The van der Waals surface area contributed by atoms with Gasteiger partial charge in [-0.2, -0.15) is 0 Å². The summed E-state index contributed by atoms with van der Waals surface area (Å²) in [7, 11) is 0. The molecule has 2 heterocycles. The summed E-state index contributed by atoms with van der Waals surface area (Å²) in [5.41, 5.74) is 4.92. The van der Waals surface area contributed by atoms with Crippen molar-refractivity contribution in [3.63, 3.8) is 0 Å². The summed E-state index contributed by atoms with van der Waals surface area (Å²) in [6.07, 6.45) is 4.48. The van der Waals surface area contributed by atoms with Crippen molar-refractivity contribution in [1.29, 1.82) is 0 Å². The van der Waals surface area contributed by atoms with Crippen molar-refractivity contribution in [1.82, 2.24) is 9.97 Å². The monoisotopic (exact) mass is 459 g/mol. The third-order valence-corrected chi connectivity index (χ3v) is 5.82. The Bertz CT molecular complexity index is 1210. The van der Waals surface area contributed by atoms with Gasteiger partial charge in [-0.05, 0) is 60.4 Å². The van der Waals surface area contributed by atoms with Crippen LogP contribution in [0.15, 0.2) is 77.5 Å². The van der Waals surface area contributed by atoms with Crippen molar-refractivity contribution in [2.24, 2.45) is 0 Å². The second-order valence-corrected chi connectivity index (χ2v) is 8.22. The zero-order valence-electron chi connectivity index (χ0n) is 16.9. The van der Waals surface area contributed by atoms with Gasteiger partial charge in [-0.25, -0.2) is 4.98 Å². The number of hydrogen-bond donors (Lipinski definition) is 1. The van der Waals surface area contributed by atoms with Gasteiger partial charge >= 0.3 is 0 Å². The third kappa shape index (κ3) is 4.12. The smallest absolute Gasteiger partial charge is 0.256 e. The number of carbonyl (C=O) groups is 1. The first-order chi connectivity index (χ1) is 14.6. The molecule has 0 saturated heterocycles. The van der Waals surface area contributed by atoms with Crippen LogP contribution in [0.3, 0.4) is 0 Å². The SMILES string of the molecule is CCC(C)c1ccccc1NC(=O)c1cc(-c2cccnc2)nc2ccc(Br)cc12. The van der Waals surface area contributed by atoms with Gasteiger partial charge in [-0.3, -0.25) is 9.78 Å². The lowest BCUT2D eigenvalue weighted by molar-refractivity contribution is 0.102. The molecule has 4 nitrogen and oxygen atoms in total. The molecule has 2 aromatic heterocycles. The number of nitrogens with zero attached hydrogens (tertiary/aromatic N) is 2. The summed E-state index contributed by atoms with van der Waals surface area (Å²) in [5, 5.41) is 3.94. The van der Waals surface area contributed by atoms with Gasteiger partial charge in [0.15, 0.2) is 0 Å². The molecule has 1 amide bonds. The molecule has 0 aliphatic rings. The molecule has 0 saturated carbocycles. The summed E-state index contributed by atoms with van der Waals surface area (Å²) < 4.78 is 0.903. The molecule has 1 atom stereocenters. The fourth-order valence-electron chi connectivity index (χ4n) is 3.50. The number of fused-ring (bicyclic) bond motifs is 1. The number of amides is 1. The molecule has 0 aliphatic heterocycles. The van der Waals surface area contributed by atoms with Crippen LogP contribution in [0.2, 0.25) is 0 Å². The maximum atomic E-state index is 13.4. The zero-order valence-corrected chi connectivity index (χ0v) is 18.5. The molecule has 0 spiro atoms. The standard InChI is InChI=1S/C25H22BrN3O/c1-3-16(2)19-8-4-5-9-22(19)29-25(30)21-14-24(17-7-6-12-27-15-17)28-23-11-10-18(26)13-20(21)23/h4-16H,3H2,1-2H3,(H,29,30). The van der Waals surface area contributed by atoms with Crippen molar-refractivity contribution >= 4 is 38.4 Å². The fraction of sp³-hybridized carbons (Fsp3) is 0.160. The first-order valence-electron chi connectivity index (χ1n) is 9.97. The number of benzene rings is 2. The molecule has 1 N–H and O–H groups in total. The molecule has 4 rings (SSSR count). The van der Waals surface area contributed by atoms with E-state index >= 15 is 0 Å². The number of nitrogens with one attached hydrogen (secondary N) is 1. The third-order valence-electron chi connectivity index (χ3n) is 5.32. The molecule has 0 fully saturated rings. The highest BCUT2D eigenvalue weighted by Gasteiger charge is 2.17. The molecule has 2 aromatic carbocycles. The van der Waals surface area contributed by atoms with Gasteiger partial charge < -0.3 is 5.32 Å². The maximum absolute atomic E-state index is 13.4. The van der Waals surface area contributed by atoms with Crippen LogP contribution < -0.4 is 5.32 Å². The van der Waals surface area contributed by atoms with Gasteiger partial charge in [0.25, 0.3) is 5.91 Å². The summed E-state index contributed by atoms with van der Waals surface area (Å²) in [5.74, 6) is 0.206. The van der Waals surface area contributed by atoms with E-state index in [1.54, 1.807) is 12.4 Å². The Morgan fingerprint density at radius 2 is 1.93 bits per heavy atom. The van der Waals surface area contributed by atoms with E-state index in [1.807, 2.05) is 54.6 Å². The highest BCUT2D eigenvalue weighted by Crippen LogP contribution is 2.30. The maximum Gasteiger partial charge on any atom is 0.256 e. The van der Waals surface area contributed by atoms with Crippen LogP contribution in [0.5, 0.6) is 0 Å². The lowest BCUT2D eigenvalue weighted by atomic mass is 9.96. The predicted molar refractivity (Wildman–Crippen MR) is 126 cm³/mol. The average molecular weight is 460 g/mol. The second kappa shape index (κ2) is 8.76. The molecule has 0 aliphatic carbocycles. The van der Waals surface area contributed by atoms with Crippen LogP contribution >= 0.6 is 15.9 Å². The van der Waals surface area contributed by atoms with E-state index in [4.69, 9.17) is 4.98 Å². The minimum Gasteiger partial charge on any atom is -0.322 e. The Morgan fingerprint density at radius 1 is 1.10 bits per heavy atom. The van der Waals surface area contributed by atoms with Crippen LogP contribution in [0.1, 0.15) is 42.1 Å². The Hall–Kier alpha value is -3.05. The normalized spacial score (nSPS) is 12.0. The quantitative estimate of drug-likeness (QED) is 0.355. The van der Waals surface area contributed by atoms with Crippen LogP contribution in [0, 0.1) is 0 Å². The fourth-order valence-corrected chi connectivity index (χ4v) is 3.86. The topological polar surface area (TPSA) is 54.9 Å². The number of halogens is 1. The first-order valence-corrected chi connectivity index (χ1v) is 10.8. The van der Waals surface area contributed by atoms with E-state index in [0.29, 0.717) is 11.5 Å². The van der Waals surface area contributed by atoms with Crippen LogP contribution in [0.25, 0.3) is 22.2 Å².